The number of nitrogens with one attached hydrogen (secondary N) is 2. The molecule has 0 fully saturated rings. The lowest BCUT2D eigenvalue weighted by molar-refractivity contribution is -0.140. The Balaban J connectivity index is 2.04. The van der Waals surface area contributed by atoms with Gasteiger partial charge >= 0.3 is 12.0 Å². The molecule has 3 N–H and O–H groups in total. The van der Waals surface area contributed by atoms with Crippen molar-refractivity contribution in [3.63, 3.8) is 0 Å². The number of aromatic nitrogens is 1. The summed E-state index contributed by atoms with van der Waals surface area (Å²) >= 11 is 1.48. The van der Waals surface area contributed by atoms with E-state index in [0.29, 0.717) is 12.1 Å². The van der Waals surface area contributed by atoms with Gasteiger partial charge in [0.25, 0.3) is 0 Å². The molecular formula is C14H17N3O3S. The molecule has 1 heterocycles. The molecule has 2 amide bonds. The van der Waals surface area contributed by atoms with Gasteiger partial charge in [0.05, 0.1) is 15.7 Å². The lowest BCUT2D eigenvalue weighted by Gasteiger charge is -2.20. The molecule has 0 radical (unpaired) electrons. The van der Waals surface area contributed by atoms with Gasteiger partial charge < -0.3 is 15.7 Å². The second-order valence-electron chi connectivity index (χ2n) is 4.83. The van der Waals surface area contributed by atoms with Crippen LogP contribution in [0.3, 0.4) is 0 Å². The molecule has 21 heavy (non-hydrogen) atoms. The molecule has 2 rings (SSSR count). The third-order valence-corrected chi connectivity index (χ3v) is 4.15. The first-order valence-electron chi connectivity index (χ1n) is 6.64. The summed E-state index contributed by atoms with van der Waals surface area (Å²) in [6.45, 7) is 3.68. The molecule has 0 aliphatic heterocycles. The first-order valence-corrected chi connectivity index (χ1v) is 7.52. The normalized spacial score (nSPS) is 13.6. The van der Waals surface area contributed by atoms with Crippen molar-refractivity contribution >= 4 is 39.2 Å². The molecule has 0 aliphatic carbocycles. The van der Waals surface area contributed by atoms with E-state index in [0.717, 1.165) is 10.2 Å². The van der Waals surface area contributed by atoms with E-state index in [4.69, 9.17) is 5.11 Å². The van der Waals surface area contributed by atoms with Crippen LogP contribution in [0.5, 0.6) is 0 Å². The van der Waals surface area contributed by atoms with Gasteiger partial charge in [-0.2, -0.15) is 0 Å². The molecule has 7 heteroatoms. The molecule has 0 saturated carbocycles. The average Bonchev–Trinajstić information content (AvgIpc) is 2.91. The van der Waals surface area contributed by atoms with E-state index in [-0.39, 0.29) is 5.92 Å². The Hall–Kier alpha value is -2.15. The van der Waals surface area contributed by atoms with Crippen LogP contribution in [-0.2, 0) is 4.79 Å². The second-order valence-corrected chi connectivity index (χ2v) is 5.72. The van der Waals surface area contributed by atoms with Gasteiger partial charge in [0, 0.05) is 5.69 Å². The number of thiazole rings is 1. The van der Waals surface area contributed by atoms with E-state index in [1.165, 1.54) is 11.3 Å². The zero-order chi connectivity index (χ0) is 15.4. The van der Waals surface area contributed by atoms with Crippen molar-refractivity contribution in [2.75, 3.05) is 5.32 Å². The maximum absolute atomic E-state index is 11.9. The molecule has 6 nitrogen and oxygen atoms in total. The Morgan fingerprint density at radius 1 is 1.43 bits per heavy atom. The van der Waals surface area contributed by atoms with Crippen LogP contribution in [-0.4, -0.2) is 28.1 Å². The molecule has 0 spiro atoms. The lowest BCUT2D eigenvalue weighted by atomic mass is 9.99. The van der Waals surface area contributed by atoms with Crippen molar-refractivity contribution < 1.29 is 14.7 Å². The fourth-order valence-corrected chi connectivity index (χ4v) is 2.64. The number of nitrogens with zero attached hydrogens (tertiary/aromatic N) is 1. The van der Waals surface area contributed by atoms with E-state index >= 15 is 0 Å². The lowest BCUT2D eigenvalue weighted by Crippen LogP contribution is -2.46. The number of hydrogen-bond acceptors (Lipinski definition) is 4. The minimum Gasteiger partial charge on any atom is -0.480 e. The molecule has 1 aromatic carbocycles. The topological polar surface area (TPSA) is 91.3 Å². The molecule has 0 saturated heterocycles. The van der Waals surface area contributed by atoms with E-state index in [2.05, 4.69) is 15.6 Å². The first-order chi connectivity index (χ1) is 10.0. The summed E-state index contributed by atoms with van der Waals surface area (Å²) in [5.41, 5.74) is 3.21. The highest BCUT2D eigenvalue weighted by Gasteiger charge is 2.25. The second kappa shape index (κ2) is 6.53. The number of amides is 2. The standard InChI is InChI=1S/C14H17N3O3S/c1-3-8(2)12(13(18)19)17-14(20)16-9-4-5-10-11(6-9)21-7-15-10/h4-8,12H,3H2,1-2H3,(H,18,19)(H2,16,17,20)/t8?,12-/m0/s1. The Morgan fingerprint density at radius 2 is 2.19 bits per heavy atom. The van der Waals surface area contributed by atoms with Crippen LogP contribution in [0.1, 0.15) is 20.3 Å². The number of anilines is 1. The number of carbonyl (C=O) groups is 2. The molecule has 2 atom stereocenters. The zero-order valence-electron chi connectivity index (χ0n) is 11.8. The number of fused-ring (bicyclic) bond motifs is 1. The summed E-state index contributed by atoms with van der Waals surface area (Å²) < 4.78 is 0.963. The largest absolute Gasteiger partial charge is 0.480 e. The number of rotatable bonds is 5. The number of urea groups is 1. The molecule has 112 valence electrons. The maximum atomic E-state index is 11.9. The van der Waals surface area contributed by atoms with Crippen molar-refractivity contribution in [2.45, 2.75) is 26.3 Å². The number of aliphatic carboxylic acids is 1. The van der Waals surface area contributed by atoms with Crippen molar-refractivity contribution in [1.82, 2.24) is 10.3 Å². The number of hydrogen-bond donors (Lipinski definition) is 3. The van der Waals surface area contributed by atoms with E-state index in [9.17, 15) is 9.59 Å². The Bertz CT molecular complexity index is 656. The summed E-state index contributed by atoms with van der Waals surface area (Å²) in [5.74, 6) is -1.17. The maximum Gasteiger partial charge on any atom is 0.326 e. The van der Waals surface area contributed by atoms with Gasteiger partial charge in [0.15, 0.2) is 0 Å². The van der Waals surface area contributed by atoms with Crippen LogP contribution >= 0.6 is 11.3 Å². The number of benzene rings is 1. The highest BCUT2D eigenvalue weighted by Crippen LogP contribution is 2.21. The molecule has 1 aromatic heterocycles. The summed E-state index contributed by atoms with van der Waals surface area (Å²) in [7, 11) is 0. The molecule has 1 unspecified atom stereocenters. The van der Waals surface area contributed by atoms with Gasteiger partial charge in [0.2, 0.25) is 0 Å². The van der Waals surface area contributed by atoms with E-state index in [1.807, 2.05) is 19.1 Å². The van der Waals surface area contributed by atoms with Crippen LogP contribution in [0.25, 0.3) is 10.2 Å². The monoisotopic (exact) mass is 307 g/mol. The van der Waals surface area contributed by atoms with Crippen LogP contribution in [0, 0.1) is 5.92 Å². The van der Waals surface area contributed by atoms with Crippen LogP contribution in [0.15, 0.2) is 23.7 Å². The number of carboxylic acids is 1. The third kappa shape index (κ3) is 3.69. The predicted molar refractivity (Wildman–Crippen MR) is 82.7 cm³/mol. The van der Waals surface area contributed by atoms with Gasteiger partial charge in [-0.25, -0.2) is 14.6 Å². The molecule has 0 aliphatic rings. The van der Waals surface area contributed by atoms with Gasteiger partial charge in [0.1, 0.15) is 6.04 Å². The zero-order valence-corrected chi connectivity index (χ0v) is 12.6. The molecule has 0 bridgehead atoms. The summed E-state index contributed by atoms with van der Waals surface area (Å²) in [5, 5.41) is 14.3. The quantitative estimate of drug-likeness (QED) is 0.792. The van der Waals surface area contributed by atoms with Crippen LogP contribution < -0.4 is 10.6 Å². The van der Waals surface area contributed by atoms with E-state index < -0.39 is 18.0 Å². The van der Waals surface area contributed by atoms with Gasteiger partial charge in [-0.05, 0) is 24.1 Å². The van der Waals surface area contributed by atoms with Crippen molar-refractivity contribution in [3.8, 4) is 0 Å². The molecule has 2 aromatic rings. The van der Waals surface area contributed by atoms with Crippen molar-refractivity contribution in [3.05, 3.63) is 23.7 Å². The SMILES string of the molecule is CCC(C)[C@H](NC(=O)Nc1ccc2ncsc2c1)C(=O)O. The highest BCUT2D eigenvalue weighted by molar-refractivity contribution is 7.16. The molecular weight excluding hydrogens is 290 g/mol. The fraction of sp³-hybridized carbons (Fsp3) is 0.357. The summed E-state index contributed by atoms with van der Waals surface area (Å²) in [6.07, 6.45) is 0.671. The Kier molecular flexibility index (Phi) is 4.74. The van der Waals surface area contributed by atoms with Crippen LogP contribution in [0.2, 0.25) is 0 Å². The third-order valence-electron chi connectivity index (χ3n) is 3.35. The minimum atomic E-state index is -1.03. The smallest absolute Gasteiger partial charge is 0.326 e. The van der Waals surface area contributed by atoms with Crippen molar-refractivity contribution in [2.24, 2.45) is 5.92 Å². The number of carboxylic acid groups (broad SMARTS) is 1. The van der Waals surface area contributed by atoms with Gasteiger partial charge in [-0.1, -0.05) is 20.3 Å². The van der Waals surface area contributed by atoms with E-state index in [1.54, 1.807) is 18.5 Å². The Labute approximate surface area is 126 Å². The van der Waals surface area contributed by atoms with Gasteiger partial charge in [-0.3, -0.25) is 0 Å². The summed E-state index contributed by atoms with van der Waals surface area (Å²) in [6, 6.07) is 3.94. The highest BCUT2D eigenvalue weighted by atomic mass is 32.1. The number of carbonyl (C=O) groups excluding carboxylic acids is 1. The minimum absolute atomic E-state index is 0.141. The Morgan fingerprint density at radius 3 is 2.86 bits per heavy atom. The fourth-order valence-electron chi connectivity index (χ4n) is 1.92. The average molecular weight is 307 g/mol. The van der Waals surface area contributed by atoms with Crippen molar-refractivity contribution in [1.29, 1.82) is 0 Å². The first kappa shape index (κ1) is 15.2. The van der Waals surface area contributed by atoms with Crippen LogP contribution in [0.4, 0.5) is 10.5 Å². The van der Waals surface area contributed by atoms with Gasteiger partial charge in [-0.15, -0.1) is 11.3 Å². The summed E-state index contributed by atoms with van der Waals surface area (Å²) in [4.78, 5) is 27.3. The predicted octanol–water partition coefficient (Wildman–Crippen LogP) is 2.92.